The zero-order valence-corrected chi connectivity index (χ0v) is 9.67. The molecule has 0 heterocycles. The van der Waals surface area contributed by atoms with Crippen LogP contribution in [0, 0.1) is 0 Å². The van der Waals surface area contributed by atoms with Gasteiger partial charge in [0.1, 0.15) is 5.75 Å². The minimum absolute atomic E-state index is 0.625. The summed E-state index contributed by atoms with van der Waals surface area (Å²) in [5.41, 5.74) is -2.41. The highest BCUT2D eigenvalue weighted by atomic mass is 16.4. The van der Waals surface area contributed by atoms with Crippen LogP contribution in [0.15, 0.2) is 12.1 Å². The Bertz CT molecular complexity index is 455. The number of rotatable bonds is 3. The molecule has 18 heavy (non-hydrogen) atoms. The molecule has 0 aliphatic heterocycles. The van der Waals surface area contributed by atoms with E-state index in [0.717, 1.165) is 0 Å². The molecule has 4 N–H and O–H groups in total. The Morgan fingerprint density at radius 3 is 1.39 bits per heavy atom. The van der Waals surface area contributed by atoms with Crippen LogP contribution in [-0.4, -0.2) is 38.3 Å². The quantitative estimate of drug-likeness (QED) is 0.644. The molecular weight excluding hydrogens is 244 g/mol. The molecule has 0 aliphatic carbocycles. The van der Waals surface area contributed by atoms with E-state index in [1.165, 1.54) is 0 Å². The van der Waals surface area contributed by atoms with Gasteiger partial charge < -0.3 is 20.4 Å². The molecule has 7 nitrogen and oxygen atoms in total. The van der Waals surface area contributed by atoms with Gasteiger partial charge in [0.05, 0.1) is 16.7 Å². The summed E-state index contributed by atoms with van der Waals surface area (Å²) in [6, 6.07) is 1.36. The summed E-state index contributed by atoms with van der Waals surface area (Å²) in [6.45, 7) is 4.00. The van der Waals surface area contributed by atoms with Crippen molar-refractivity contribution in [1.82, 2.24) is 0 Å². The van der Waals surface area contributed by atoms with Gasteiger partial charge in [-0.3, -0.25) is 0 Å². The predicted molar refractivity (Wildman–Crippen MR) is 60.3 cm³/mol. The fraction of sp³-hybridized carbons (Fsp3) is 0.182. The largest absolute Gasteiger partial charge is 0.508 e. The zero-order valence-electron chi connectivity index (χ0n) is 9.67. The molecule has 0 saturated heterocycles. The van der Waals surface area contributed by atoms with Gasteiger partial charge in [-0.1, -0.05) is 13.8 Å². The van der Waals surface area contributed by atoms with E-state index in [1.807, 2.05) is 13.8 Å². The average Bonchev–Trinajstić information content (AvgIpc) is 2.29. The molecule has 0 spiro atoms. The molecule has 0 atom stereocenters. The third kappa shape index (κ3) is 3.21. The van der Waals surface area contributed by atoms with E-state index < -0.39 is 40.3 Å². The van der Waals surface area contributed by atoms with E-state index in [0.29, 0.717) is 12.1 Å². The van der Waals surface area contributed by atoms with Gasteiger partial charge in [-0.25, -0.2) is 14.4 Å². The molecule has 0 radical (unpaired) electrons. The van der Waals surface area contributed by atoms with E-state index in [-0.39, 0.29) is 0 Å². The number of aromatic carboxylic acids is 3. The Morgan fingerprint density at radius 1 is 0.833 bits per heavy atom. The highest BCUT2D eigenvalue weighted by molar-refractivity contribution is 6.09. The first-order valence-electron chi connectivity index (χ1n) is 4.91. The van der Waals surface area contributed by atoms with Crippen LogP contribution in [0.25, 0.3) is 0 Å². The van der Waals surface area contributed by atoms with Gasteiger partial charge in [0.25, 0.3) is 0 Å². The fourth-order valence-electron chi connectivity index (χ4n) is 1.19. The molecule has 0 aliphatic rings. The highest BCUT2D eigenvalue weighted by Crippen LogP contribution is 2.22. The third-order valence-corrected chi connectivity index (χ3v) is 1.80. The van der Waals surface area contributed by atoms with Crippen LogP contribution < -0.4 is 0 Å². The van der Waals surface area contributed by atoms with Crippen LogP contribution in [0.1, 0.15) is 44.9 Å². The van der Waals surface area contributed by atoms with Crippen LogP contribution in [0.5, 0.6) is 5.75 Å². The van der Waals surface area contributed by atoms with Gasteiger partial charge in [0.15, 0.2) is 0 Å². The molecule has 0 aromatic heterocycles. The second-order valence-corrected chi connectivity index (χ2v) is 2.83. The predicted octanol–water partition coefficient (Wildman–Crippen LogP) is 1.51. The molecule has 0 bridgehead atoms. The van der Waals surface area contributed by atoms with Crippen molar-refractivity contribution >= 4 is 17.9 Å². The Morgan fingerprint density at radius 2 is 1.17 bits per heavy atom. The van der Waals surface area contributed by atoms with Crippen molar-refractivity contribution in [3.05, 3.63) is 28.8 Å². The summed E-state index contributed by atoms with van der Waals surface area (Å²) in [5.74, 6) is -5.57. The minimum atomic E-state index is -1.69. The lowest BCUT2D eigenvalue weighted by Gasteiger charge is -2.06. The van der Waals surface area contributed by atoms with Crippen molar-refractivity contribution in [2.75, 3.05) is 0 Å². The number of carbonyl (C=O) groups is 3. The van der Waals surface area contributed by atoms with Gasteiger partial charge in [0.2, 0.25) is 0 Å². The van der Waals surface area contributed by atoms with Crippen LogP contribution >= 0.6 is 0 Å². The maximum atomic E-state index is 10.8. The maximum absolute atomic E-state index is 10.8. The van der Waals surface area contributed by atoms with E-state index >= 15 is 0 Å². The number of carboxylic acids is 3. The normalized spacial score (nSPS) is 9.00. The number of hydrogen-bond donors (Lipinski definition) is 4. The lowest BCUT2D eigenvalue weighted by molar-refractivity contribution is 0.0632. The molecule has 0 fully saturated rings. The first-order valence-corrected chi connectivity index (χ1v) is 4.91. The monoisotopic (exact) mass is 256 g/mol. The van der Waals surface area contributed by atoms with Crippen molar-refractivity contribution in [3.8, 4) is 5.75 Å². The summed E-state index contributed by atoms with van der Waals surface area (Å²) in [6.07, 6.45) is 0. The maximum Gasteiger partial charge on any atom is 0.337 e. The van der Waals surface area contributed by atoms with Gasteiger partial charge in [0, 0.05) is 0 Å². The molecule has 7 heteroatoms. The van der Waals surface area contributed by atoms with E-state index in [1.54, 1.807) is 0 Å². The molecule has 0 unspecified atom stereocenters. The van der Waals surface area contributed by atoms with E-state index in [9.17, 15) is 14.4 Å². The van der Waals surface area contributed by atoms with Crippen molar-refractivity contribution in [2.24, 2.45) is 0 Å². The number of phenols is 1. The van der Waals surface area contributed by atoms with Gasteiger partial charge >= 0.3 is 17.9 Å². The van der Waals surface area contributed by atoms with Crippen LogP contribution in [-0.2, 0) is 0 Å². The molecule has 1 aromatic rings. The van der Waals surface area contributed by atoms with Gasteiger partial charge in [-0.2, -0.15) is 0 Å². The number of carboxylic acid groups (broad SMARTS) is 3. The Hall–Kier alpha value is -2.57. The summed E-state index contributed by atoms with van der Waals surface area (Å²) < 4.78 is 0. The highest BCUT2D eigenvalue weighted by Gasteiger charge is 2.24. The Balaban J connectivity index is 0.00000137. The second-order valence-electron chi connectivity index (χ2n) is 2.83. The van der Waals surface area contributed by atoms with Crippen LogP contribution in [0.2, 0.25) is 0 Å². The summed E-state index contributed by atoms with van der Waals surface area (Å²) >= 11 is 0. The molecule has 98 valence electrons. The zero-order chi connectivity index (χ0) is 14.5. The average molecular weight is 256 g/mol. The molecule has 0 amide bonds. The lowest BCUT2D eigenvalue weighted by atomic mass is 10.0. The standard InChI is InChI=1S/C9H6O7.C2H6/c10-3-1-4(7(11)12)6(9(15)16)5(2-3)8(13)14;1-2/h1-2,10H,(H,11,12)(H,13,14)(H,15,16);1-2H3. The smallest absolute Gasteiger partial charge is 0.337 e. The molecule has 0 saturated carbocycles. The van der Waals surface area contributed by atoms with Crippen molar-refractivity contribution in [2.45, 2.75) is 13.8 Å². The SMILES string of the molecule is CC.O=C(O)c1cc(O)cc(C(=O)O)c1C(=O)O. The summed E-state index contributed by atoms with van der Waals surface area (Å²) in [5, 5.41) is 35.2. The van der Waals surface area contributed by atoms with Crippen molar-refractivity contribution < 1.29 is 34.8 Å². The van der Waals surface area contributed by atoms with Crippen molar-refractivity contribution in [1.29, 1.82) is 0 Å². The number of phenolic OH excluding ortho intramolecular Hbond substituents is 1. The fourth-order valence-corrected chi connectivity index (χ4v) is 1.19. The topological polar surface area (TPSA) is 132 Å². The molecule has 1 rings (SSSR count). The molecule has 1 aromatic carbocycles. The van der Waals surface area contributed by atoms with E-state index in [2.05, 4.69) is 0 Å². The van der Waals surface area contributed by atoms with Crippen LogP contribution in [0.4, 0.5) is 0 Å². The minimum Gasteiger partial charge on any atom is -0.508 e. The van der Waals surface area contributed by atoms with Crippen molar-refractivity contribution in [3.63, 3.8) is 0 Å². The van der Waals surface area contributed by atoms with Gasteiger partial charge in [-0.15, -0.1) is 0 Å². The lowest BCUT2D eigenvalue weighted by Crippen LogP contribution is -2.14. The molecular formula is C11H12O7. The summed E-state index contributed by atoms with van der Waals surface area (Å²) in [7, 11) is 0. The first kappa shape index (κ1) is 15.4. The number of aromatic hydroxyl groups is 1. The van der Waals surface area contributed by atoms with Gasteiger partial charge in [-0.05, 0) is 12.1 Å². The summed E-state index contributed by atoms with van der Waals surface area (Å²) in [4.78, 5) is 32.1. The Labute approximate surface area is 102 Å². The second kappa shape index (κ2) is 6.24. The van der Waals surface area contributed by atoms with E-state index in [4.69, 9.17) is 20.4 Å². The number of benzene rings is 1. The number of hydrogen-bond acceptors (Lipinski definition) is 4. The third-order valence-electron chi connectivity index (χ3n) is 1.80. The van der Waals surface area contributed by atoms with Crippen LogP contribution in [0.3, 0.4) is 0 Å². The first-order chi connectivity index (χ1) is 8.34. The Kier molecular flexibility index (Phi) is 5.35.